The standard InChI is InChI=1S/C12H22N2S/c1-9-11-4-6-15-8-12(11)13-7-10-3-2-5-14(9)10/h9-13H,2-8H2,1H3/t9-,10?,11-,12?/m0/s1. The Bertz CT molecular complexity index is 234. The van der Waals surface area contributed by atoms with Gasteiger partial charge in [0.2, 0.25) is 0 Å². The summed E-state index contributed by atoms with van der Waals surface area (Å²) in [6.07, 6.45) is 4.26. The van der Waals surface area contributed by atoms with Gasteiger partial charge in [-0.1, -0.05) is 0 Å². The van der Waals surface area contributed by atoms with Crippen LogP contribution in [0.15, 0.2) is 0 Å². The van der Waals surface area contributed by atoms with E-state index in [4.69, 9.17) is 0 Å². The van der Waals surface area contributed by atoms with Crippen LogP contribution in [-0.4, -0.2) is 47.6 Å². The van der Waals surface area contributed by atoms with Crippen LogP contribution in [-0.2, 0) is 0 Å². The van der Waals surface area contributed by atoms with Gasteiger partial charge < -0.3 is 5.32 Å². The summed E-state index contributed by atoms with van der Waals surface area (Å²) in [6.45, 7) is 5.06. The monoisotopic (exact) mass is 226 g/mol. The highest BCUT2D eigenvalue weighted by atomic mass is 32.2. The van der Waals surface area contributed by atoms with Crippen molar-refractivity contribution >= 4 is 11.8 Å². The zero-order valence-electron chi connectivity index (χ0n) is 9.61. The lowest BCUT2D eigenvalue weighted by molar-refractivity contribution is 0.152. The third kappa shape index (κ3) is 1.83. The number of hydrogen-bond acceptors (Lipinski definition) is 3. The van der Waals surface area contributed by atoms with Crippen LogP contribution in [0.4, 0.5) is 0 Å². The molecular weight excluding hydrogens is 204 g/mol. The summed E-state index contributed by atoms with van der Waals surface area (Å²) in [5, 5.41) is 3.82. The molecule has 4 atom stereocenters. The number of nitrogens with zero attached hydrogens (tertiary/aromatic N) is 1. The Kier molecular flexibility index (Phi) is 2.97. The molecule has 3 heteroatoms. The summed E-state index contributed by atoms with van der Waals surface area (Å²) in [7, 11) is 0. The maximum absolute atomic E-state index is 3.82. The van der Waals surface area contributed by atoms with Crippen molar-refractivity contribution in [1.29, 1.82) is 0 Å². The summed E-state index contributed by atoms with van der Waals surface area (Å²) in [6, 6.07) is 2.46. The molecule has 3 heterocycles. The smallest absolute Gasteiger partial charge is 0.0224 e. The summed E-state index contributed by atoms with van der Waals surface area (Å²) < 4.78 is 0. The first-order valence-corrected chi connectivity index (χ1v) is 7.58. The van der Waals surface area contributed by atoms with Gasteiger partial charge in [-0.05, 0) is 44.4 Å². The van der Waals surface area contributed by atoms with Crippen molar-refractivity contribution in [1.82, 2.24) is 10.2 Å². The van der Waals surface area contributed by atoms with Crippen molar-refractivity contribution < 1.29 is 0 Å². The van der Waals surface area contributed by atoms with Crippen LogP contribution < -0.4 is 5.32 Å². The number of nitrogens with one attached hydrogen (secondary N) is 1. The normalized spacial score (nSPS) is 47.0. The van der Waals surface area contributed by atoms with Crippen LogP contribution in [0, 0.1) is 5.92 Å². The molecule has 0 aromatic rings. The Balaban J connectivity index is 1.79. The number of hydrogen-bond donors (Lipinski definition) is 1. The molecule has 0 aromatic heterocycles. The van der Waals surface area contributed by atoms with E-state index in [9.17, 15) is 0 Å². The maximum Gasteiger partial charge on any atom is 0.0224 e. The molecule has 0 aliphatic carbocycles. The second-order valence-electron chi connectivity index (χ2n) is 5.32. The van der Waals surface area contributed by atoms with Crippen molar-refractivity contribution in [3.63, 3.8) is 0 Å². The van der Waals surface area contributed by atoms with Gasteiger partial charge in [0.15, 0.2) is 0 Å². The largest absolute Gasteiger partial charge is 0.311 e. The van der Waals surface area contributed by atoms with E-state index in [0.717, 1.165) is 24.0 Å². The van der Waals surface area contributed by atoms with Crippen molar-refractivity contribution in [3.05, 3.63) is 0 Å². The molecule has 1 N–H and O–H groups in total. The Morgan fingerprint density at radius 1 is 1.33 bits per heavy atom. The van der Waals surface area contributed by atoms with Gasteiger partial charge in [-0.3, -0.25) is 4.90 Å². The van der Waals surface area contributed by atoms with Gasteiger partial charge in [0.25, 0.3) is 0 Å². The predicted octanol–water partition coefficient (Wildman–Crippen LogP) is 1.56. The zero-order valence-corrected chi connectivity index (χ0v) is 10.4. The first kappa shape index (κ1) is 10.4. The van der Waals surface area contributed by atoms with Gasteiger partial charge in [-0.15, -0.1) is 0 Å². The molecule has 0 saturated carbocycles. The lowest BCUT2D eigenvalue weighted by Crippen LogP contribution is -2.46. The fraction of sp³-hybridized carbons (Fsp3) is 1.00. The quantitative estimate of drug-likeness (QED) is 0.675. The van der Waals surface area contributed by atoms with E-state index >= 15 is 0 Å². The van der Waals surface area contributed by atoms with E-state index in [1.165, 1.54) is 43.9 Å². The fourth-order valence-corrected chi connectivity index (χ4v) is 4.91. The number of rotatable bonds is 0. The van der Waals surface area contributed by atoms with Gasteiger partial charge in [0, 0.05) is 30.4 Å². The highest BCUT2D eigenvalue weighted by Crippen LogP contribution is 2.34. The summed E-state index contributed by atoms with van der Waals surface area (Å²) in [5.74, 6) is 3.63. The second kappa shape index (κ2) is 4.27. The molecule has 3 aliphatic heterocycles. The lowest BCUT2D eigenvalue weighted by atomic mass is 9.90. The third-order valence-corrected chi connectivity index (χ3v) is 5.71. The third-order valence-electron chi connectivity index (χ3n) is 4.59. The molecule has 3 saturated heterocycles. The molecule has 0 spiro atoms. The minimum Gasteiger partial charge on any atom is -0.311 e. The van der Waals surface area contributed by atoms with Crippen molar-refractivity contribution in [2.45, 2.75) is 44.3 Å². The predicted molar refractivity (Wildman–Crippen MR) is 66.4 cm³/mol. The first-order chi connectivity index (χ1) is 7.36. The molecule has 3 rings (SSSR count). The minimum atomic E-state index is 0.796. The van der Waals surface area contributed by atoms with E-state index in [1.807, 2.05) is 0 Å². The minimum absolute atomic E-state index is 0.796. The van der Waals surface area contributed by atoms with Crippen molar-refractivity contribution in [2.24, 2.45) is 5.92 Å². The topological polar surface area (TPSA) is 15.3 Å². The molecule has 15 heavy (non-hydrogen) atoms. The second-order valence-corrected chi connectivity index (χ2v) is 6.47. The number of thioether (sulfide) groups is 1. The summed E-state index contributed by atoms with van der Waals surface area (Å²) in [5.41, 5.74) is 0. The average Bonchev–Trinajstić information content (AvgIpc) is 2.69. The van der Waals surface area contributed by atoms with E-state index in [-0.39, 0.29) is 0 Å². The molecule has 3 aliphatic rings. The molecule has 0 bridgehead atoms. The van der Waals surface area contributed by atoms with Crippen LogP contribution in [0.25, 0.3) is 0 Å². The average molecular weight is 226 g/mol. The van der Waals surface area contributed by atoms with E-state index in [0.29, 0.717) is 0 Å². The van der Waals surface area contributed by atoms with E-state index in [2.05, 4.69) is 28.9 Å². The molecule has 2 unspecified atom stereocenters. The SMILES string of the molecule is C[C@H]1[C@@H]2CCSCC2NCC2CCCN21. The van der Waals surface area contributed by atoms with E-state index in [1.54, 1.807) is 0 Å². The van der Waals surface area contributed by atoms with Gasteiger partial charge in [0.1, 0.15) is 0 Å². The maximum atomic E-state index is 3.82. The molecule has 0 aromatic carbocycles. The Morgan fingerprint density at radius 3 is 3.20 bits per heavy atom. The van der Waals surface area contributed by atoms with Gasteiger partial charge >= 0.3 is 0 Å². The number of fused-ring (bicyclic) bond motifs is 2. The van der Waals surface area contributed by atoms with Gasteiger partial charge in [-0.2, -0.15) is 11.8 Å². The summed E-state index contributed by atoms with van der Waals surface area (Å²) >= 11 is 2.14. The summed E-state index contributed by atoms with van der Waals surface area (Å²) in [4.78, 5) is 2.79. The van der Waals surface area contributed by atoms with Crippen LogP contribution in [0.3, 0.4) is 0 Å². The molecule has 0 amide bonds. The van der Waals surface area contributed by atoms with E-state index < -0.39 is 0 Å². The van der Waals surface area contributed by atoms with Crippen molar-refractivity contribution in [3.8, 4) is 0 Å². The van der Waals surface area contributed by atoms with Crippen LogP contribution in [0.2, 0.25) is 0 Å². The zero-order chi connectivity index (χ0) is 10.3. The Hall–Kier alpha value is 0.270. The van der Waals surface area contributed by atoms with Gasteiger partial charge in [-0.25, -0.2) is 0 Å². The van der Waals surface area contributed by atoms with Gasteiger partial charge in [0.05, 0.1) is 0 Å². The molecule has 2 nitrogen and oxygen atoms in total. The van der Waals surface area contributed by atoms with Crippen LogP contribution in [0.1, 0.15) is 26.2 Å². The van der Waals surface area contributed by atoms with Crippen molar-refractivity contribution in [2.75, 3.05) is 24.6 Å². The highest BCUT2D eigenvalue weighted by molar-refractivity contribution is 7.99. The molecule has 3 fully saturated rings. The molecule has 86 valence electrons. The lowest BCUT2D eigenvalue weighted by Gasteiger charge is -2.37. The first-order valence-electron chi connectivity index (χ1n) is 6.43. The molecule has 0 radical (unpaired) electrons. The Morgan fingerprint density at radius 2 is 2.27 bits per heavy atom. The highest BCUT2D eigenvalue weighted by Gasteiger charge is 2.40. The molecular formula is C12H22N2S. The van der Waals surface area contributed by atoms with Crippen LogP contribution in [0.5, 0.6) is 0 Å². The van der Waals surface area contributed by atoms with Crippen LogP contribution >= 0.6 is 11.8 Å². The fourth-order valence-electron chi connectivity index (χ4n) is 3.69. The Labute approximate surface area is 97.2 Å².